The molecule has 104 valence electrons. The molecule has 1 N–H and O–H groups in total. The maximum absolute atomic E-state index is 12.4. The van der Waals surface area contributed by atoms with Crippen LogP contribution in [0.2, 0.25) is 0 Å². The van der Waals surface area contributed by atoms with Crippen LogP contribution < -0.4 is 4.74 Å². The van der Waals surface area contributed by atoms with Crippen molar-refractivity contribution in [3.05, 3.63) is 23.8 Å². The fourth-order valence-corrected chi connectivity index (χ4v) is 2.17. The molecule has 1 fully saturated rings. The number of hydrogen-bond donors (Lipinski definition) is 1. The molecule has 1 saturated heterocycles. The van der Waals surface area contributed by atoms with Gasteiger partial charge in [0.05, 0.1) is 18.8 Å². The highest BCUT2D eigenvalue weighted by Gasteiger charge is 2.23. The summed E-state index contributed by atoms with van der Waals surface area (Å²) in [5, 5.41) is 9.90. The highest BCUT2D eigenvalue weighted by atomic mass is 16.5. The van der Waals surface area contributed by atoms with E-state index < -0.39 is 0 Å². The van der Waals surface area contributed by atoms with E-state index in [1.165, 1.54) is 13.2 Å². The third-order valence-corrected chi connectivity index (χ3v) is 3.17. The maximum Gasteiger partial charge on any atom is 0.257 e. The number of phenols is 1. The third-order valence-electron chi connectivity index (χ3n) is 3.17. The number of hydrogen-bond acceptors (Lipinski definition) is 4. The number of benzene rings is 1. The number of rotatable bonds is 2. The van der Waals surface area contributed by atoms with Crippen LogP contribution in [0.15, 0.2) is 18.2 Å². The molecule has 2 rings (SSSR count). The number of carbonyl (C=O) groups is 1. The summed E-state index contributed by atoms with van der Waals surface area (Å²) in [6, 6.07) is 4.71. The van der Waals surface area contributed by atoms with E-state index in [1.807, 2.05) is 6.92 Å². The average Bonchev–Trinajstić information content (AvgIpc) is 2.62. The number of methoxy groups -OCH3 is 1. The molecule has 1 aromatic carbocycles. The van der Waals surface area contributed by atoms with Crippen LogP contribution in [0.5, 0.6) is 11.5 Å². The molecule has 0 bridgehead atoms. The Morgan fingerprint density at radius 1 is 1.53 bits per heavy atom. The maximum atomic E-state index is 12.4. The van der Waals surface area contributed by atoms with Crippen LogP contribution in [-0.4, -0.2) is 48.8 Å². The largest absolute Gasteiger partial charge is 0.507 e. The normalized spacial score (nSPS) is 19.9. The average molecular weight is 265 g/mol. The van der Waals surface area contributed by atoms with Crippen molar-refractivity contribution in [2.24, 2.45) is 0 Å². The van der Waals surface area contributed by atoms with Gasteiger partial charge in [0, 0.05) is 25.8 Å². The standard InChI is InChI=1S/C14H19NO4/c1-10-9-15(6-3-7-19-10)14(17)12-5-4-11(18-2)8-13(12)16/h4-5,8,10,16H,3,6-7,9H2,1-2H3. The van der Waals surface area contributed by atoms with Crippen LogP contribution in [0.25, 0.3) is 0 Å². The molecule has 1 aliphatic rings. The molecule has 1 aromatic rings. The highest BCUT2D eigenvalue weighted by Crippen LogP contribution is 2.25. The van der Waals surface area contributed by atoms with E-state index >= 15 is 0 Å². The van der Waals surface area contributed by atoms with Crippen molar-refractivity contribution >= 4 is 5.91 Å². The summed E-state index contributed by atoms with van der Waals surface area (Å²) in [6.07, 6.45) is 0.833. The van der Waals surface area contributed by atoms with E-state index in [1.54, 1.807) is 17.0 Å². The summed E-state index contributed by atoms with van der Waals surface area (Å²) in [5.41, 5.74) is 0.301. The Labute approximate surface area is 112 Å². The van der Waals surface area contributed by atoms with E-state index in [2.05, 4.69) is 0 Å². The van der Waals surface area contributed by atoms with Crippen molar-refractivity contribution in [2.45, 2.75) is 19.4 Å². The Morgan fingerprint density at radius 3 is 3.00 bits per heavy atom. The van der Waals surface area contributed by atoms with Gasteiger partial charge in [0.1, 0.15) is 11.5 Å². The zero-order valence-electron chi connectivity index (χ0n) is 11.3. The molecule has 0 aliphatic carbocycles. The molecule has 1 atom stereocenters. The van der Waals surface area contributed by atoms with E-state index in [0.717, 1.165) is 6.42 Å². The second-order valence-electron chi connectivity index (χ2n) is 4.67. The van der Waals surface area contributed by atoms with Crippen LogP contribution in [0.3, 0.4) is 0 Å². The van der Waals surface area contributed by atoms with Gasteiger partial charge in [0.2, 0.25) is 0 Å². The van der Waals surface area contributed by atoms with Crippen LogP contribution in [0.4, 0.5) is 0 Å². The Morgan fingerprint density at radius 2 is 2.32 bits per heavy atom. The lowest BCUT2D eigenvalue weighted by molar-refractivity contribution is 0.0561. The van der Waals surface area contributed by atoms with Gasteiger partial charge in [0.15, 0.2) is 0 Å². The minimum atomic E-state index is -0.169. The van der Waals surface area contributed by atoms with Gasteiger partial charge in [-0.05, 0) is 25.5 Å². The Bertz CT molecular complexity index is 461. The van der Waals surface area contributed by atoms with Crippen LogP contribution >= 0.6 is 0 Å². The van der Waals surface area contributed by atoms with Gasteiger partial charge in [-0.1, -0.05) is 0 Å². The van der Waals surface area contributed by atoms with Gasteiger partial charge in [-0.15, -0.1) is 0 Å². The van der Waals surface area contributed by atoms with Gasteiger partial charge in [0.25, 0.3) is 5.91 Å². The van der Waals surface area contributed by atoms with Crippen LogP contribution in [-0.2, 0) is 4.74 Å². The van der Waals surface area contributed by atoms with Crippen molar-refractivity contribution in [3.8, 4) is 11.5 Å². The molecule has 1 amide bonds. The van der Waals surface area contributed by atoms with Gasteiger partial charge < -0.3 is 19.5 Å². The van der Waals surface area contributed by atoms with E-state index in [0.29, 0.717) is 31.0 Å². The molecule has 0 spiro atoms. The third kappa shape index (κ3) is 3.17. The topological polar surface area (TPSA) is 59.0 Å². The minimum absolute atomic E-state index is 0.0202. The summed E-state index contributed by atoms with van der Waals surface area (Å²) < 4.78 is 10.5. The second kappa shape index (κ2) is 5.93. The fourth-order valence-electron chi connectivity index (χ4n) is 2.17. The van der Waals surface area contributed by atoms with Gasteiger partial charge in [-0.3, -0.25) is 4.79 Å². The van der Waals surface area contributed by atoms with Gasteiger partial charge in [-0.25, -0.2) is 0 Å². The number of carbonyl (C=O) groups excluding carboxylic acids is 1. The number of phenolic OH excluding ortho intramolecular Hbond substituents is 1. The molecular formula is C14H19NO4. The first-order chi connectivity index (χ1) is 9.11. The van der Waals surface area contributed by atoms with E-state index in [9.17, 15) is 9.90 Å². The molecule has 0 radical (unpaired) electrons. The molecule has 5 nitrogen and oxygen atoms in total. The molecule has 0 saturated carbocycles. The summed E-state index contributed by atoms with van der Waals surface area (Å²) >= 11 is 0. The first-order valence-electron chi connectivity index (χ1n) is 6.39. The number of amides is 1. The van der Waals surface area contributed by atoms with Crippen molar-refractivity contribution < 1.29 is 19.4 Å². The molecule has 19 heavy (non-hydrogen) atoms. The predicted molar refractivity (Wildman–Crippen MR) is 70.6 cm³/mol. The minimum Gasteiger partial charge on any atom is -0.507 e. The number of ether oxygens (including phenoxy) is 2. The Balaban J connectivity index is 2.18. The SMILES string of the molecule is COc1ccc(C(=O)N2CCCOC(C)C2)c(O)c1. The highest BCUT2D eigenvalue weighted by molar-refractivity contribution is 5.97. The summed E-state index contributed by atoms with van der Waals surface area (Å²) in [4.78, 5) is 14.1. The zero-order chi connectivity index (χ0) is 13.8. The number of nitrogens with zero attached hydrogens (tertiary/aromatic N) is 1. The van der Waals surface area contributed by atoms with Crippen molar-refractivity contribution in [1.82, 2.24) is 4.90 Å². The Hall–Kier alpha value is -1.75. The molecule has 0 aromatic heterocycles. The monoisotopic (exact) mass is 265 g/mol. The fraction of sp³-hybridized carbons (Fsp3) is 0.500. The van der Waals surface area contributed by atoms with Crippen LogP contribution in [0, 0.1) is 0 Å². The molecule has 1 heterocycles. The Kier molecular flexibility index (Phi) is 4.27. The first kappa shape index (κ1) is 13.7. The van der Waals surface area contributed by atoms with Crippen molar-refractivity contribution in [3.63, 3.8) is 0 Å². The van der Waals surface area contributed by atoms with Gasteiger partial charge >= 0.3 is 0 Å². The molecular weight excluding hydrogens is 246 g/mol. The quantitative estimate of drug-likeness (QED) is 0.883. The smallest absolute Gasteiger partial charge is 0.257 e. The van der Waals surface area contributed by atoms with Crippen molar-refractivity contribution in [2.75, 3.05) is 26.8 Å². The lowest BCUT2D eigenvalue weighted by Gasteiger charge is -2.22. The van der Waals surface area contributed by atoms with E-state index in [4.69, 9.17) is 9.47 Å². The summed E-state index contributed by atoms with van der Waals surface area (Å²) in [6.45, 7) is 3.80. The molecule has 1 unspecified atom stereocenters. The zero-order valence-corrected chi connectivity index (χ0v) is 11.3. The lowest BCUT2D eigenvalue weighted by Crippen LogP contribution is -2.35. The lowest BCUT2D eigenvalue weighted by atomic mass is 10.1. The number of aromatic hydroxyl groups is 1. The van der Waals surface area contributed by atoms with E-state index in [-0.39, 0.29) is 17.8 Å². The second-order valence-corrected chi connectivity index (χ2v) is 4.67. The van der Waals surface area contributed by atoms with Crippen molar-refractivity contribution in [1.29, 1.82) is 0 Å². The molecule has 5 heteroatoms. The predicted octanol–water partition coefficient (Wildman–Crippen LogP) is 1.65. The first-order valence-corrected chi connectivity index (χ1v) is 6.39. The molecule has 1 aliphatic heterocycles. The van der Waals surface area contributed by atoms with Gasteiger partial charge in [-0.2, -0.15) is 0 Å². The van der Waals surface area contributed by atoms with Crippen LogP contribution in [0.1, 0.15) is 23.7 Å². The summed E-state index contributed by atoms with van der Waals surface area (Å²) in [7, 11) is 1.52. The summed E-state index contributed by atoms with van der Waals surface area (Å²) in [5.74, 6) is 0.307.